The van der Waals surface area contributed by atoms with E-state index in [0.29, 0.717) is 0 Å². The first-order valence-corrected chi connectivity index (χ1v) is 19.8. The summed E-state index contributed by atoms with van der Waals surface area (Å²) in [5.41, 5.74) is 14.4. The van der Waals surface area contributed by atoms with Gasteiger partial charge in [-0.15, -0.1) is 0 Å². The van der Waals surface area contributed by atoms with E-state index in [1.165, 1.54) is 49.4 Å². The highest BCUT2D eigenvalue weighted by atomic mass is 16.3. The minimum atomic E-state index is 0.903. The fourth-order valence-corrected chi connectivity index (χ4v) is 8.67. The van der Waals surface area contributed by atoms with Crippen molar-refractivity contribution in [3.8, 4) is 44.5 Å². The fourth-order valence-electron chi connectivity index (χ4n) is 8.67. The molecule has 272 valence electrons. The number of anilines is 3. The Morgan fingerprint density at radius 1 is 0.293 bits per heavy atom. The van der Waals surface area contributed by atoms with E-state index in [0.717, 1.165) is 55.7 Å². The molecule has 58 heavy (non-hydrogen) atoms. The van der Waals surface area contributed by atoms with Crippen LogP contribution in [-0.2, 0) is 0 Å². The minimum absolute atomic E-state index is 0.903. The molecule has 0 saturated carbocycles. The van der Waals surface area contributed by atoms with Crippen LogP contribution in [0.2, 0.25) is 0 Å². The Balaban J connectivity index is 1.06. The van der Waals surface area contributed by atoms with E-state index in [1.807, 2.05) is 12.1 Å². The zero-order valence-electron chi connectivity index (χ0n) is 31.7. The molecule has 11 rings (SSSR count). The van der Waals surface area contributed by atoms with Crippen molar-refractivity contribution in [1.82, 2.24) is 0 Å². The minimum Gasteiger partial charge on any atom is -0.455 e. The number of para-hydroxylation sites is 3. The summed E-state index contributed by atoms with van der Waals surface area (Å²) >= 11 is 0. The van der Waals surface area contributed by atoms with Crippen molar-refractivity contribution >= 4 is 60.5 Å². The zero-order chi connectivity index (χ0) is 38.4. The van der Waals surface area contributed by atoms with Gasteiger partial charge in [-0.3, -0.25) is 0 Å². The Bertz CT molecular complexity index is 3280. The highest BCUT2D eigenvalue weighted by Gasteiger charge is 2.20. The molecule has 0 amide bonds. The number of rotatable bonds is 7. The summed E-state index contributed by atoms with van der Waals surface area (Å²) in [6, 6.07) is 80.7. The summed E-state index contributed by atoms with van der Waals surface area (Å²) in [5.74, 6) is 0. The molecule has 2 nitrogen and oxygen atoms in total. The molecule has 0 aliphatic carbocycles. The molecular weight excluding hydrogens is 703 g/mol. The summed E-state index contributed by atoms with van der Waals surface area (Å²) in [5, 5.41) is 7.22. The Kier molecular flexibility index (Phi) is 8.19. The average Bonchev–Trinajstić information content (AvgIpc) is 3.69. The van der Waals surface area contributed by atoms with Gasteiger partial charge in [0.15, 0.2) is 0 Å². The molecule has 0 bridgehead atoms. The third-order valence-electron chi connectivity index (χ3n) is 11.5. The van der Waals surface area contributed by atoms with Crippen LogP contribution in [0.1, 0.15) is 0 Å². The first kappa shape index (κ1) is 33.6. The quantitative estimate of drug-likeness (QED) is 0.162. The molecule has 0 aliphatic rings. The van der Waals surface area contributed by atoms with Gasteiger partial charge < -0.3 is 9.32 Å². The van der Waals surface area contributed by atoms with Crippen LogP contribution in [-0.4, -0.2) is 0 Å². The van der Waals surface area contributed by atoms with Gasteiger partial charge in [-0.1, -0.05) is 182 Å². The smallest absolute Gasteiger partial charge is 0.143 e. The lowest BCUT2D eigenvalue weighted by atomic mass is 9.90. The van der Waals surface area contributed by atoms with Gasteiger partial charge in [-0.2, -0.15) is 0 Å². The largest absolute Gasteiger partial charge is 0.455 e. The van der Waals surface area contributed by atoms with Gasteiger partial charge in [0.1, 0.15) is 11.2 Å². The number of hydrogen-bond donors (Lipinski definition) is 0. The lowest BCUT2D eigenvalue weighted by molar-refractivity contribution is 0.670. The third kappa shape index (κ3) is 5.82. The molecule has 1 aromatic heterocycles. The summed E-state index contributed by atoms with van der Waals surface area (Å²) < 4.78 is 6.45. The highest BCUT2D eigenvalue weighted by molar-refractivity contribution is 6.09. The van der Waals surface area contributed by atoms with Crippen molar-refractivity contribution in [2.75, 3.05) is 4.90 Å². The van der Waals surface area contributed by atoms with Gasteiger partial charge in [-0.25, -0.2) is 0 Å². The first-order chi connectivity index (χ1) is 28.8. The monoisotopic (exact) mass is 739 g/mol. The molecule has 0 unspecified atom stereocenters. The lowest BCUT2D eigenvalue weighted by Gasteiger charge is -2.29. The maximum Gasteiger partial charge on any atom is 0.143 e. The van der Waals surface area contributed by atoms with E-state index in [1.54, 1.807) is 0 Å². The van der Waals surface area contributed by atoms with Gasteiger partial charge in [0.05, 0.1) is 5.69 Å². The van der Waals surface area contributed by atoms with E-state index in [4.69, 9.17) is 4.42 Å². The Morgan fingerprint density at radius 3 is 1.60 bits per heavy atom. The second kappa shape index (κ2) is 14.1. The van der Waals surface area contributed by atoms with E-state index >= 15 is 0 Å². The Labute approximate surface area is 337 Å². The van der Waals surface area contributed by atoms with Gasteiger partial charge in [0.25, 0.3) is 0 Å². The molecule has 0 aliphatic heterocycles. The summed E-state index contributed by atoms with van der Waals surface area (Å²) in [4.78, 5) is 2.39. The second-order valence-electron chi connectivity index (χ2n) is 14.9. The standard InChI is InChI=1S/C56H37NO/c1-2-15-42-37-43(28-27-38(42)13-1)39-29-33-44(34-30-39)57(45-35-31-41(32-36-45)47-22-12-24-53-52-21-8-10-26-55(52)58-56(47)53)54-25-9-7-20-51(54)50-19-6-5-18-49(50)48-23-11-16-40-14-3-4-17-46(40)48/h1-37H. The van der Waals surface area contributed by atoms with Gasteiger partial charge in [-0.05, 0) is 97.4 Å². The van der Waals surface area contributed by atoms with Gasteiger partial charge in [0, 0.05) is 33.3 Å². The van der Waals surface area contributed by atoms with Crippen molar-refractivity contribution in [1.29, 1.82) is 0 Å². The van der Waals surface area contributed by atoms with E-state index in [9.17, 15) is 0 Å². The molecule has 0 spiro atoms. The summed E-state index contributed by atoms with van der Waals surface area (Å²) in [6.45, 7) is 0. The summed E-state index contributed by atoms with van der Waals surface area (Å²) in [7, 11) is 0. The molecule has 2 heteroatoms. The van der Waals surface area contributed by atoms with Crippen molar-refractivity contribution in [3.63, 3.8) is 0 Å². The van der Waals surface area contributed by atoms with Crippen LogP contribution in [0, 0.1) is 0 Å². The maximum absolute atomic E-state index is 6.45. The van der Waals surface area contributed by atoms with Crippen molar-refractivity contribution < 1.29 is 4.42 Å². The van der Waals surface area contributed by atoms with E-state index in [-0.39, 0.29) is 0 Å². The van der Waals surface area contributed by atoms with Crippen LogP contribution >= 0.6 is 0 Å². The molecule has 0 saturated heterocycles. The van der Waals surface area contributed by atoms with Crippen LogP contribution in [0.5, 0.6) is 0 Å². The fraction of sp³-hybridized carbons (Fsp3) is 0. The number of nitrogens with zero attached hydrogens (tertiary/aromatic N) is 1. The van der Waals surface area contributed by atoms with Crippen LogP contribution in [0.15, 0.2) is 229 Å². The van der Waals surface area contributed by atoms with Gasteiger partial charge in [0.2, 0.25) is 0 Å². The third-order valence-corrected chi connectivity index (χ3v) is 11.5. The van der Waals surface area contributed by atoms with E-state index in [2.05, 4.69) is 217 Å². The number of furan rings is 1. The van der Waals surface area contributed by atoms with Crippen LogP contribution in [0.4, 0.5) is 17.1 Å². The van der Waals surface area contributed by atoms with Gasteiger partial charge >= 0.3 is 0 Å². The van der Waals surface area contributed by atoms with Crippen LogP contribution in [0.25, 0.3) is 88.0 Å². The number of fused-ring (bicyclic) bond motifs is 5. The maximum atomic E-state index is 6.45. The summed E-state index contributed by atoms with van der Waals surface area (Å²) in [6.07, 6.45) is 0. The SMILES string of the molecule is c1ccc(-c2cccc3ccccc23)c(-c2ccccc2N(c2ccc(-c3ccc4ccccc4c3)cc2)c2ccc(-c3cccc4c3oc3ccccc34)cc2)c1. The Morgan fingerprint density at radius 2 is 0.810 bits per heavy atom. The van der Waals surface area contributed by atoms with Crippen molar-refractivity contribution in [2.45, 2.75) is 0 Å². The molecule has 11 aromatic rings. The van der Waals surface area contributed by atoms with E-state index < -0.39 is 0 Å². The highest BCUT2D eigenvalue weighted by Crippen LogP contribution is 2.45. The molecule has 0 N–H and O–H groups in total. The number of hydrogen-bond acceptors (Lipinski definition) is 2. The lowest BCUT2D eigenvalue weighted by Crippen LogP contribution is -2.11. The molecule has 0 atom stereocenters. The van der Waals surface area contributed by atoms with Crippen LogP contribution < -0.4 is 4.90 Å². The zero-order valence-corrected chi connectivity index (χ0v) is 31.7. The molecule has 1 heterocycles. The first-order valence-electron chi connectivity index (χ1n) is 19.8. The average molecular weight is 740 g/mol. The van der Waals surface area contributed by atoms with Crippen LogP contribution in [0.3, 0.4) is 0 Å². The molecule has 10 aromatic carbocycles. The Hall–Kier alpha value is -7.68. The van der Waals surface area contributed by atoms with Crippen molar-refractivity contribution in [3.05, 3.63) is 224 Å². The number of benzene rings is 10. The predicted octanol–water partition coefficient (Wildman–Crippen LogP) is 16.0. The molecular formula is C56H37NO. The topological polar surface area (TPSA) is 16.4 Å². The molecule has 0 fully saturated rings. The second-order valence-corrected chi connectivity index (χ2v) is 14.9. The normalized spacial score (nSPS) is 11.4. The van der Waals surface area contributed by atoms with Crippen molar-refractivity contribution in [2.24, 2.45) is 0 Å². The molecule has 0 radical (unpaired) electrons. The predicted molar refractivity (Wildman–Crippen MR) is 245 cm³/mol.